The summed E-state index contributed by atoms with van der Waals surface area (Å²) >= 11 is 0. The van der Waals surface area contributed by atoms with E-state index in [4.69, 9.17) is 4.74 Å². The van der Waals surface area contributed by atoms with Crippen molar-refractivity contribution in [2.24, 2.45) is 0 Å². The fourth-order valence-corrected chi connectivity index (χ4v) is 1.95. The minimum atomic E-state index is -0.0315. The first kappa shape index (κ1) is 15.1. The van der Waals surface area contributed by atoms with E-state index in [0.29, 0.717) is 6.54 Å². The van der Waals surface area contributed by atoms with Crippen LogP contribution >= 0.6 is 0 Å². The Kier molecular flexibility index (Phi) is 5.79. The van der Waals surface area contributed by atoms with Crippen molar-refractivity contribution in [3.8, 4) is 5.75 Å². The lowest BCUT2D eigenvalue weighted by atomic mass is 10.1. The molecule has 0 aromatic heterocycles. The van der Waals surface area contributed by atoms with Crippen LogP contribution in [0.1, 0.15) is 5.56 Å². The van der Waals surface area contributed by atoms with Gasteiger partial charge in [0.1, 0.15) is 5.75 Å². The van der Waals surface area contributed by atoms with Crippen LogP contribution in [0.15, 0.2) is 54.6 Å². The van der Waals surface area contributed by atoms with Gasteiger partial charge in [-0.15, -0.1) is 0 Å². The average Bonchev–Trinajstić information content (AvgIpc) is 2.53. The van der Waals surface area contributed by atoms with Crippen molar-refractivity contribution in [2.45, 2.75) is 6.42 Å². The highest BCUT2D eigenvalue weighted by molar-refractivity contribution is 5.92. The molecule has 0 heterocycles. The number of nitrogens with one attached hydrogen (secondary N) is 2. The lowest BCUT2D eigenvalue weighted by molar-refractivity contribution is -0.115. The summed E-state index contributed by atoms with van der Waals surface area (Å²) in [6.45, 7) is 1.07. The van der Waals surface area contributed by atoms with Crippen molar-refractivity contribution in [1.82, 2.24) is 5.32 Å². The van der Waals surface area contributed by atoms with Gasteiger partial charge >= 0.3 is 0 Å². The summed E-state index contributed by atoms with van der Waals surface area (Å²) in [6, 6.07) is 17.4. The van der Waals surface area contributed by atoms with Gasteiger partial charge in [0.25, 0.3) is 0 Å². The van der Waals surface area contributed by atoms with E-state index in [9.17, 15) is 4.79 Å². The molecule has 0 radical (unpaired) electrons. The van der Waals surface area contributed by atoms with E-state index in [1.807, 2.05) is 54.6 Å². The highest BCUT2D eigenvalue weighted by atomic mass is 16.5. The minimum absolute atomic E-state index is 0.0315. The van der Waals surface area contributed by atoms with Crippen LogP contribution < -0.4 is 15.4 Å². The third-order valence-electron chi connectivity index (χ3n) is 3.09. The maximum absolute atomic E-state index is 11.7. The van der Waals surface area contributed by atoms with Gasteiger partial charge in [0.2, 0.25) is 5.91 Å². The molecule has 4 nitrogen and oxygen atoms in total. The highest BCUT2D eigenvalue weighted by Gasteiger charge is 2.01. The zero-order valence-corrected chi connectivity index (χ0v) is 12.1. The van der Waals surface area contributed by atoms with Crippen molar-refractivity contribution >= 4 is 11.6 Å². The van der Waals surface area contributed by atoms with Crippen LogP contribution in [-0.2, 0) is 11.2 Å². The van der Waals surface area contributed by atoms with Gasteiger partial charge in [-0.1, -0.05) is 30.3 Å². The first-order chi connectivity index (χ1) is 10.3. The number of ether oxygens (including phenoxy) is 1. The monoisotopic (exact) mass is 284 g/mol. The molecule has 0 aliphatic carbocycles. The van der Waals surface area contributed by atoms with Crippen LogP contribution in [0.5, 0.6) is 5.75 Å². The molecule has 0 fully saturated rings. The summed E-state index contributed by atoms with van der Waals surface area (Å²) < 4.78 is 5.11. The number of carbonyl (C=O) groups is 1. The number of para-hydroxylation sites is 1. The van der Waals surface area contributed by atoms with Crippen LogP contribution in [-0.4, -0.2) is 26.1 Å². The first-order valence-corrected chi connectivity index (χ1v) is 6.96. The number of rotatable bonds is 7. The van der Waals surface area contributed by atoms with Gasteiger partial charge in [-0.05, 0) is 42.8 Å². The second-order valence-corrected chi connectivity index (χ2v) is 4.69. The molecule has 2 aromatic carbocycles. The van der Waals surface area contributed by atoms with E-state index in [2.05, 4.69) is 10.6 Å². The molecular weight excluding hydrogens is 264 g/mol. The molecule has 2 N–H and O–H groups in total. The maximum Gasteiger partial charge on any atom is 0.238 e. The Bertz CT molecular complexity index is 553. The zero-order chi connectivity index (χ0) is 14.9. The molecule has 21 heavy (non-hydrogen) atoms. The predicted octanol–water partition coefficient (Wildman–Crippen LogP) is 2.47. The molecule has 0 aliphatic rings. The second kappa shape index (κ2) is 8.07. The number of methoxy groups -OCH3 is 1. The summed E-state index contributed by atoms with van der Waals surface area (Å²) in [4.78, 5) is 11.7. The summed E-state index contributed by atoms with van der Waals surface area (Å²) in [5, 5.41) is 5.98. The Morgan fingerprint density at radius 3 is 2.43 bits per heavy atom. The molecule has 0 atom stereocenters. The van der Waals surface area contributed by atoms with Gasteiger partial charge in [-0.2, -0.15) is 0 Å². The molecule has 0 aliphatic heterocycles. The van der Waals surface area contributed by atoms with Crippen LogP contribution in [0.2, 0.25) is 0 Å². The van der Waals surface area contributed by atoms with Gasteiger partial charge < -0.3 is 15.4 Å². The molecule has 110 valence electrons. The molecule has 0 saturated heterocycles. The average molecular weight is 284 g/mol. The zero-order valence-electron chi connectivity index (χ0n) is 12.1. The topological polar surface area (TPSA) is 50.4 Å². The van der Waals surface area contributed by atoms with Crippen molar-refractivity contribution < 1.29 is 9.53 Å². The van der Waals surface area contributed by atoms with Gasteiger partial charge in [-0.3, -0.25) is 4.79 Å². The number of benzene rings is 2. The van der Waals surface area contributed by atoms with E-state index in [1.165, 1.54) is 5.56 Å². The van der Waals surface area contributed by atoms with Crippen molar-refractivity contribution in [3.63, 3.8) is 0 Å². The second-order valence-electron chi connectivity index (χ2n) is 4.69. The van der Waals surface area contributed by atoms with Crippen molar-refractivity contribution in [1.29, 1.82) is 0 Å². The molecule has 1 amide bonds. The maximum atomic E-state index is 11.7. The Hall–Kier alpha value is -2.33. The largest absolute Gasteiger partial charge is 0.497 e. The first-order valence-electron chi connectivity index (χ1n) is 6.96. The molecule has 2 rings (SSSR count). The molecule has 2 aromatic rings. The molecule has 0 saturated carbocycles. The highest BCUT2D eigenvalue weighted by Crippen LogP contribution is 2.11. The number of hydrogen-bond acceptors (Lipinski definition) is 3. The van der Waals surface area contributed by atoms with Gasteiger partial charge in [-0.25, -0.2) is 0 Å². The van der Waals surface area contributed by atoms with Gasteiger partial charge in [0.05, 0.1) is 13.7 Å². The molecule has 0 spiro atoms. The fourth-order valence-electron chi connectivity index (χ4n) is 1.95. The quantitative estimate of drug-likeness (QED) is 0.768. The van der Waals surface area contributed by atoms with Gasteiger partial charge in [0, 0.05) is 5.69 Å². The standard InChI is InChI=1S/C17H20N2O2/c1-21-16-9-7-14(8-10-16)11-12-18-13-17(20)19-15-5-3-2-4-6-15/h2-10,18H,11-13H2,1H3,(H,19,20). The van der Waals surface area contributed by atoms with E-state index in [1.54, 1.807) is 7.11 Å². The van der Waals surface area contributed by atoms with Crippen molar-refractivity contribution in [3.05, 3.63) is 60.2 Å². The summed E-state index contributed by atoms with van der Waals surface area (Å²) in [6.07, 6.45) is 0.878. The number of carbonyl (C=O) groups excluding carboxylic acids is 1. The molecule has 4 heteroatoms. The van der Waals surface area contributed by atoms with Crippen molar-refractivity contribution in [2.75, 3.05) is 25.5 Å². The predicted molar refractivity (Wildman–Crippen MR) is 84.6 cm³/mol. The van der Waals surface area contributed by atoms with Gasteiger partial charge in [0.15, 0.2) is 0 Å². The lowest BCUT2D eigenvalue weighted by Gasteiger charge is -2.07. The normalized spacial score (nSPS) is 10.1. The van der Waals surface area contributed by atoms with E-state index in [-0.39, 0.29) is 5.91 Å². The Balaban J connectivity index is 1.66. The van der Waals surface area contributed by atoms with Crippen LogP contribution in [0, 0.1) is 0 Å². The van der Waals surface area contributed by atoms with E-state index in [0.717, 1.165) is 24.4 Å². The number of hydrogen-bond donors (Lipinski definition) is 2. The van der Waals surface area contributed by atoms with Crippen LogP contribution in [0.25, 0.3) is 0 Å². The fraction of sp³-hybridized carbons (Fsp3) is 0.235. The minimum Gasteiger partial charge on any atom is -0.497 e. The number of amides is 1. The van der Waals surface area contributed by atoms with Crippen LogP contribution in [0.3, 0.4) is 0 Å². The van der Waals surface area contributed by atoms with E-state index < -0.39 is 0 Å². The number of anilines is 1. The molecular formula is C17H20N2O2. The SMILES string of the molecule is COc1ccc(CCNCC(=O)Nc2ccccc2)cc1. The third kappa shape index (κ3) is 5.28. The van der Waals surface area contributed by atoms with E-state index >= 15 is 0 Å². The summed E-state index contributed by atoms with van der Waals surface area (Å²) in [5.41, 5.74) is 2.03. The van der Waals surface area contributed by atoms with Crippen LogP contribution in [0.4, 0.5) is 5.69 Å². The molecule has 0 bridgehead atoms. The Morgan fingerprint density at radius 1 is 1.05 bits per heavy atom. The smallest absolute Gasteiger partial charge is 0.238 e. The molecule has 0 unspecified atom stereocenters. The lowest BCUT2D eigenvalue weighted by Crippen LogP contribution is -2.29. The Labute approximate surface area is 125 Å². The summed E-state index contributed by atoms with van der Waals surface area (Å²) in [5.74, 6) is 0.824. The third-order valence-corrected chi connectivity index (χ3v) is 3.09. The Morgan fingerprint density at radius 2 is 1.76 bits per heavy atom. The summed E-state index contributed by atoms with van der Waals surface area (Å²) in [7, 11) is 1.65.